The standard InChI is InChI=1S/C19H10ClN5O2S/c20-16-18(23-14-4-2-1-3-13(14)22-16)28-19-24-15(12(9-21)17(27)25-19)10-5-7-11(26)8-6-10/h1-8,26H,(H,24,25,27). The number of nitrogens with one attached hydrogen (secondary N) is 1. The molecule has 0 atom stereocenters. The Balaban J connectivity index is 1.81. The number of phenols is 1. The largest absolute Gasteiger partial charge is 0.508 e. The van der Waals surface area contributed by atoms with Gasteiger partial charge in [-0.1, -0.05) is 23.7 Å². The van der Waals surface area contributed by atoms with Crippen molar-refractivity contribution in [2.24, 2.45) is 0 Å². The van der Waals surface area contributed by atoms with Gasteiger partial charge in [0.1, 0.15) is 22.4 Å². The first-order valence-electron chi connectivity index (χ1n) is 7.99. The zero-order valence-electron chi connectivity index (χ0n) is 14.0. The van der Waals surface area contributed by atoms with Gasteiger partial charge in [-0.25, -0.2) is 15.0 Å². The Morgan fingerprint density at radius 3 is 2.39 bits per heavy atom. The quantitative estimate of drug-likeness (QED) is 0.496. The van der Waals surface area contributed by atoms with Gasteiger partial charge >= 0.3 is 0 Å². The number of aromatic nitrogens is 4. The van der Waals surface area contributed by atoms with Crippen molar-refractivity contribution in [2.45, 2.75) is 10.2 Å². The van der Waals surface area contributed by atoms with E-state index in [2.05, 4.69) is 19.9 Å². The van der Waals surface area contributed by atoms with E-state index < -0.39 is 5.56 Å². The van der Waals surface area contributed by atoms with Gasteiger partial charge in [0.15, 0.2) is 10.3 Å². The van der Waals surface area contributed by atoms with Crippen molar-refractivity contribution in [1.29, 1.82) is 5.26 Å². The molecule has 2 aromatic carbocycles. The SMILES string of the molecule is N#Cc1c(-c2ccc(O)cc2)nc(Sc2nc3ccccc3nc2Cl)[nH]c1=O. The van der Waals surface area contributed by atoms with Crippen LogP contribution >= 0.6 is 23.4 Å². The minimum Gasteiger partial charge on any atom is -0.508 e. The van der Waals surface area contributed by atoms with E-state index in [4.69, 9.17) is 11.6 Å². The topological polar surface area (TPSA) is 116 Å². The van der Waals surface area contributed by atoms with Gasteiger partial charge < -0.3 is 5.11 Å². The number of benzene rings is 2. The van der Waals surface area contributed by atoms with Gasteiger partial charge in [-0.2, -0.15) is 5.26 Å². The second-order valence-electron chi connectivity index (χ2n) is 5.66. The van der Waals surface area contributed by atoms with E-state index in [1.54, 1.807) is 24.3 Å². The molecular formula is C19H10ClN5O2S. The Kier molecular flexibility index (Phi) is 4.69. The zero-order chi connectivity index (χ0) is 19.7. The molecule has 4 aromatic rings. The number of halogens is 1. The molecule has 0 bridgehead atoms. The second kappa shape index (κ2) is 7.31. The average molecular weight is 408 g/mol. The highest BCUT2D eigenvalue weighted by molar-refractivity contribution is 7.99. The number of para-hydroxylation sites is 2. The van der Waals surface area contributed by atoms with Gasteiger partial charge in [0.2, 0.25) is 0 Å². The summed E-state index contributed by atoms with van der Waals surface area (Å²) in [6.45, 7) is 0. The van der Waals surface area contributed by atoms with Gasteiger partial charge in [-0.15, -0.1) is 0 Å². The molecule has 0 aliphatic heterocycles. The van der Waals surface area contributed by atoms with Crippen LogP contribution in [0.2, 0.25) is 5.15 Å². The van der Waals surface area contributed by atoms with Crippen LogP contribution in [-0.2, 0) is 0 Å². The molecule has 7 nitrogen and oxygen atoms in total. The number of nitriles is 1. The third kappa shape index (κ3) is 3.41. The summed E-state index contributed by atoms with van der Waals surface area (Å²) < 4.78 is 0. The minimum atomic E-state index is -0.576. The number of rotatable bonds is 3. The van der Waals surface area contributed by atoms with Crippen LogP contribution in [0.1, 0.15) is 5.56 Å². The van der Waals surface area contributed by atoms with Crippen LogP contribution in [0.3, 0.4) is 0 Å². The van der Waals surface area contributed by atoms with Gasteiger partial charge in [0.05, 0.1) is 16.7 Å². The van der Waals surface area contributed by atoms with E-state index in [0.717, 1.165) is 11.8 Å². The fourth-order valence-corrected chi connectivity index (χ4v) is 3.54. The molecule has 0 saturated carbocycles. The minimum absolute atomic E-state index is 0.0694. The lowest BCUT2D eigenvalue weighted by atomic mass is 10.1. The van der Waals surface area contributed by atoms with E-state index in [1.807, 2.05) is 18.2 Å². The highest BCUT2D eigenvalue weighted by Crippen LogP contribution is 2.31. The molecule has 0 fully saturated rings. The van der Waals surface area contributed by atoms with Crippen LogP contribution in [0.15, 0.2) is 63.5 Å². The summed E-state index contributed by atoms with van der Waals surface area (Å²) in [6.07, 6.45) is 0. The van der Waals surface area contributed by atoms with Crippen LogP contribution < -0.4 is 5.56 Å². The van der Waals surface area contributed by atoms with Crippen LogP contribution in [-0.4, -0.2) is 25.0 Å². The van der Waals surface area contributed by atoms with E-state index in [1.165, 1.54) is 12.1 Å². The predicted octanol–water partition coefficient (Wildman–Crippen LogP) is 3.76. The summed E-state index contributed by atoms with van der Waals surface area (Å²) in [6, 6.07) is 15.2. The molecule has 2 heterocycles. The molecule has 2 N–H and O–H groups in total. The summed E-state index contributed by atoms with van der Waals surface area (Å²) in [5.74, 6) is 0.0694. The van der Waals surface area contributed by atoms with Crippen LogP contribution in [0.4, 0.5) is 0 Å². The molecule has 4 rings (SSSR count). The summed E-state index contributed by atoms with van der Waals surface area (Å²) in [5, 5.41) is 19.6. The molecule has 0 spiro atoms. The maximum Gasteiger partial charge on any atom is 0.270 e. The van der Waals surface area contributed by atoms with Gasteiger partial charge in [-0.05, 0) is 48.2 Å². The Morgan fingerprint density at radius 2 is 1.71 bits per heavy atom. The van der Waals surface area contributed by atoms with Gasteiger partial charge in [0.25, 0.3) is 5.56 Å². The molecule has 9 heteroatoms. The third-order valence-electron chi connectivity index (χ3n) is 3.84. The highest BCUT2D eigenvalue weighted by atomic mass is 35.5. The van der Waals surface area contributed by atoms with E-state index in [-0.39, 0.29) is 27.3 Å². The lowest BCUT2D eigenvalue weighted by Crippen LogP contribution is -2.14. The van der Waals surface area contributed by atoms with Crippen molar-refractivity contribution in [3.05, 3.63) is 69.6 Å². The first-order valence-corrected chi connectivity index (χ1v) is 9.18. The summed E-state index contributed by atoms with van der Waals surface area (Å²) in [5.41, 5.74) is 1.35. The van der Waals surface area contributed by atoms with Crippen molar-refractivity contribution in [1.82, 2.24) is 19.9 Å². The second-order valence-corrected chi connectivity index (χ2v) is 7.00. The fourth-order valence-electron chi connectivity index (χ4n) is 2.55. The monoisotopic (exact) mass is 407 g/mol. The molecule has 2 aromatic heterocycles. The number of phenolic OH excluding ortho intramolecular Hbond substituents is 1. The first-order chi connectivity index (χ1) is 13.5. The Bertz CT molecular complexity index is 1300. The van der Waals surface area contributed by atoms with Crippen LogP contribution in [0.25, 0.3) is 22.3 Å². The molecule has 0 unspecified atom stereocenters. The third-order valence-corrected chi connectivity index (χ3v) is 5.08. The van der Waals surface area contributed by atoms with E-state index in [9.17, 15) is 15.2 Å². The number of H-pyrrole nitrogens is 1. The maximum atomic E-state index is 12.4. The van der Waals surface area contributed by atoms with Crippen molar-refractivity contribution < 1.29 is 5.11 Å². The average Bonchev–Trinajstić information content (AvgIpc) is 2.69. The Hall–Kier alpha value is -3.41. The number of fused-ring (bicyclic) bond motifs is 1. The number of hydrogen-bond donors (Lipinski definition) is 2. The van der Waals surface area contributed by atoms with E-state index in [0.29, 0.717) is 21.6 Å². The normalized spacial score (nSPS) is 10.7. The summed E-state index contributed by atoms with van der Waals surface area (Å²) in [4.78, 5) is 28.1. The Labute approximate surface area is 167 Å². The van der Waals surface area contributed by atoms with Crippen molar-refractivity contribution in [3.8, 4) is 23.1 Å². The first kappa shape index (κ1) is 18.0. The maximum absolute atomic E-state index is 12.4. The summed E-state index contributed by atoms with van der Waals surface area (Å²) in [7, 11) is 0. The van der Waals surface area contributed by atoms with Crippen molar-refractivity contribution in [2.75, 3.05) is 0 Å². The van der Waals surface area contributed by atoms with Crippen molar-refractivity contribution in [3.63, 3.8) is 0 Å². The number of aromatic amines is 1. The fraction of sp³-hybridized carbons (Fsp3) is 0. The van der Waals surface area contributed by atoms with Crippen molar-refractivity contribution >= 4 is 34.4 Å². The smallest absolute Gasteiger partial charge is 0.270 e. The summed E-state index contributed by atoms with van der Waals surface area (Å²) >= 11 is 7.27. The molecule has 0 aliphatic carbocycles. The molecule has 0 amide bonds. The number of nitrogens with zero attached hydrogens (tertiary/aromatic N) is 4. The zero-order valence-corrected chi connectivity index (χ0v) is 15.6. The molecule has 0 radical (unpaired) electrons. The number of hydrogen-bond acceptors (Lipinski definition) is 7. The molecule has 0 aliphatic rings. The predicted molar refractivity (Wildman–Crippen MR) is 105 cm³/mol. The molecule has 28 heavy (non-hydrogen) atoms. The van der Waals surface area contributed by atoms with Gasteiger partial charge in [-0.3, -0.25) is 9.78 Å². The Morgan fingerprint density at radius 1 is 1.04 bits per heavy atom. The van der Waals surface area contributed by atoms with Crippen LogP contribution in [0.5, 0.6) is 5.75 Å². The van der Waals surface area contributed by atoms with Crippen LogP contribution in [0, 0.1) is 11.3 Å². The molecule has 0 saturated heterocycles. The lowest BCUT2D eigenvalue weighted by molar-refractivity contribution is 0.475. The molecule has 136 valence electrons. The number of aromatic hydroxyl groups is 1. The van der Waals surface area contributed by atoms with E-state index >= 15 is 0 Å². The highest BCUT2D eigenvalue weighted by Gasteiger charge is 2.16. The van der Waals surface area contributed by atoms with Gasteiger partial charge in [0, 0.05) is 5.56 Å². The molecular weight excluding hydrogens is 398 g/mol. The lowest BCUT2D eigenvalue weighted by Gasteiger charge is -2.07.